The highest BCUT2D eigenvalue weighted by Crippen LogP contribution is 2.33. The zero-order valence-corrected chi connectivity index (χ0v) is 13.6. The molecule has 1 aliphatic rings. The summed E-state index contributed by atoms with van der Waals surface area (Å²) >= 11 is 12.2. The van der Waals surface area contributed by atoms with Gasteiger partial charge in [0.2, 0.25) is 0 Å². The summed E-state index contributed by atoms with van der Waals surface area (Å²) in [7, 11) is 0. The lowest BCUT2D eigenvalue weighted by Gasteiger charge is -2.41. The first-order chi connectivity index (χ1) is 9.41. The summed E-state index contributed by atoms with van der Waals surface area (Å²) in [5.41, 5.74) is 4.06. The SMILES string of the molecule is CC(NN1C(C)CCCC1C)c1c(Cl)ccc(F)c1Cl. The van der Waals surface area contributed by atoms with Gasteiger partial charge < -0.3 is 0 Å². The Hall–Kier alpha value is -0.350. The second-order valence-electron chi connectivity index (χ2n) is 5.64. The van der Waals surface area contributed by atoms with Crippen LogP contribution in [0.3, 0.4) is 0 Å². The van der Waals surface area contributed by atoms with Gasteiger partial charge in [-0.2, -0.15) is 0 Å². The molecule has 3 atom stereocenters. The van der Waals surface area contributed by atoms with E-state index in [0.29, 0.717) is 22.7 Å². The summed E-state index contributed by atoms with van der Waals surface area (Å²) in [5, 5.41) is 2.84. The van der Waals surface area contributed by atoms with Crippen LogP contribution in [0.25, 0.3) is 0 Å². The molecule has 1 aromatic rings. The van der Waals surface area contributed by atoms with Crippen LogP contribution in [-0.2, 0) is 0 Å². The standard InChI is InChI=1S/C15H21Cl2FN2/c1-9-5-4-6-10(2)20(9)19-11(3)14-12(16)7-8-13(18)15(14)17/h7-11,19H,4-6H2,1-3H3. The van der Waals surface area contributed by atoms with Gasteiger partial charge in [0, 0.05) is 28.7 Å². The van der Waals surface area contributed by atoms with Crippen molar-refractivity contribution in [1.82, 2.24) is 10.4 Å². The van der Waals surface area contributed by atoms with Crippen molar-refractivity contribution < 1.29 is 4.39 Å². The summed E-state index contributed by atoms with van der Waals surface area (Å²) in [6, 6.07) is 3.63. The van der Waals surface area contributed by atoms with E-state index in [9.17, 15) is 4.39 Å². The highest BCUT2D eigenvalue weighted by atomic mass is 35.5. The third-order valence-corrected chi connectivity index (χ3v) is 4.76. The van der Waals surface area contributed by atoms with E-state index in [4.69, 9.17) is 23.2 Å². The Balaban J connectivity index is 2.19. The van der Waals surface area contributed by atoms with Crippen molar-refractivity contribution in [2.45, 2.75) is 58.2 Å². The minimum atomic E-state index is -0.431. The van der Waals surface area contributed by atoms with Crippen LogP contribution in [0.5, 0.6) is 0 Å². The molecule has 0 saturated carbocycles. The van der Waals surface area contributed by atoms with Crippen molar-refractivity contribution in [3.63, 3.8) is 0 Å². The van der Waals surface area contributed by atoms with E-state index in [2.05, 4.69) is 24.3 Å². The monoisotopic (exact) mass is 318 g/mol. The normalized spacial score (nSPS) is 25.7. The molecule has 1 saturated heterocycles. The topological polar surface area (TPSA) is 15.3 Å². The fourth-order valence-electron chi connectivity index (χ4n) is 2.90. The maximum absolute atomic E-state index is 13.6. The van der Waals surface area contributed by atoms with Crippen LogP contribution in [0.2, 0.25) is 10.0 Å². The van der Waals surface area contributed by atoms with E-state index in [1.807, 2.05) is 6.92 Å². The van der Waals surface area contributed by atoms with Crippen molar-refractivity contribution in [2.24, 2.45) is 0 Å². The number of piperidine rings is 1. The highest BCUT2D eigenvalue weighted by Gasteiger charge is 2.27. The molecule has 0 aromatic heterocycles. The molecular formula is C15H21Cl2FN2. The Kier molecular flexibility index (Phi) is 5.30. The Labute approximate surface area is 130 Å². The molecule has 0 spiro atoms. The van der Waals surface area contributed by atoms with Crippen molar-refractivity contribution in [3.05, 3.63) is 33.6 Å². The largest absolute Gasteiger partial charge is 0.247 e. The third kappa shape index (κ3) is 3.28. The molecular weight excluding hydrogens is 298 g/mol. The van der Waals surface area contributed by atoms with Gasteiger partial charge in [-0.25, -0.2) is 14.8 Å². The van der Waals surface area contributed by atoms with Gasteiger partial charge in [-0.3, -0.25) is 0 Å². The Morgan fingerprint density at radius 3 is 2.45 bits per heavy atom. The molecule has 0 radical (unpaired) electrons. The van der Waals surface area contributed by atoms with Crippen LogP contribution >= 0.6 is 23.2 Å². The predicted molar refractivity (Wildman–Crippen MR) is 82.6 cm³/mol. The zero-order valence-electron chi connectivity index (χ0n) is 12.1. The van der Waals surface area contributed by atoms with E-state index in [-0.39, 0.29) is 11.1 Å². The highest BCUT2D eigenvalue weighted by molar-refractivity contribution is 6.36. The molecule has 0 aliphatic carbocycles. The summed E-state index contributed by atoms with van der Waals surface area (Å²) in [5.74, 6) is -0.431. The maximum Gasteiger partial charge on any atom is 0.142 e. The molecule has 0 bridgehead atoms. The van der Waals surface area contributed by atoms with Gasteiger partial charge in [0.25, 0.3) is 0 Å². The molecule has 1 N–H and O–H groups in total. The van der Waals surface area contributed by atoms with Crippen molar-refractivity contribution >= 4 is 23.2 Å². The summed E-state index contributed by atoms with van der Waals surface area (Å²) in [6.45, 7) is 6.36. The molecule has 112 valence electrons. The first kappa shape index (κ1) is 16.0. The van der Waals surface area contributed by atoms with Gasteiger partial charge in [-0.05, 0) is 45.7 Å². The fourth-order valence-corrected chi connectivity index (χ4v) is 3.60. The Morgan fingerprint density at radius 1 is 1.25 bits per heavy atom. The van der Waals surface area contributed by atoms with E-state index in [1.165, 1.54) is 12.5 Å². The molecule has 3 unspecified atom stereocenters. The van der Waals surface area contributed by atoms with Crippen LogP contribution in [0, 0.1) is 5.82 Å². The van der Waals surface area contributed by atoms with Crippen molar-refractivity contribution in [1.29, 1.82) is 0 Å². The third-order valence-electron chi connectivity index (χ3n) is 4.05. The van der Waals surface area contributed by atoms with Crippen LogP contribution in [0.15, 0.2) is 12.1 Å². The first-order valence-electron chi connectivity index (χ1n) is 7.09. The van der Waals surface area contributed by atoms with Crippen LogP contribution in [0.4, 0.5) is 4.39 Å². The van der Waals surface area contributed by atoms with Gasteiger partial charge in [0.1, 0.15) is 5.82 Å². The van der Waals surface area contributed by atoms with Gasteiger partial charge in [-0.15, -0.1) is 0 Å². The minimum absolute atomic E-state index is 0.106. The number of benzene rings is 1. The van der Waals surface area contributed by atoms with Gasteiger partial charge in [0.15, 0.2) is 0 Å². The minimum Gasteiger partial charge on any atom is -0.247 e. The number of hydrazine groups is 1. The predicted octanol–water partition coefficient (Wildman–Crippen LogP) is 4.96. The number of halogens is 3. The Bertz CT molecular complexity index is 471. The zero-order chi connectivity index (χ0) is 14.9. The number of nitrogens with zero attached hydrogens (tertiary/aromatic N) is 1. The van der Waals surface area contributed by atoms with Crippen LogP contribution in [-0.4, -0.2) is 17.1 Å². The van der Waals surface area contributed by atoms with E-state index in [1.54, 1.807) is 6.07 Å². The first-order valence-corrected chi connectivity index (χ1v) is 7.85. The van der Waals surface area contributed by atoms with Gasteiger partial charge in [0.05, 0.1) is 5.02 Å². The average molecular weight is 319 g/mol. The second-order valence-corrected chi connectivity index (χ2v) is 6.43. The quantitative estimate of drug-likeness (QED) is 0.792. The molecule has 1 aliphatic heterocycles. The van der Waals surface area contributed by atoms with E-state index in [0.717, 1.165) is 12.8 Å². The summed E-state index contributed by atoms with van der Waals surface area (Å²) in [4.78, 5) is 0. The lowest BCUT2D eigenvalue weighted by atomic mass is 9.99. The van der Waals surface area contributed by atoms with Gasteiger partial charge in [-0.1, -0.05) is 29.6 Å². The molecule has 1 aromatic carbocycles. The molecule has 1 heterocycles. The molecule has 20 heavy (non-hydrogen) atoms. The second kappa shape index (κ2) is 6.61. The average Bonchev–Trinajstić information content (AvgIpc) is 2.39. The summed E-state index contributed by atoms with van der Waals surface area (Å²) < 4.78 is 13.6. The lowest BCUT2D eigenvalue weighted by molar-refractivity contribution is 0.0320. The van der Waals surface area contributed by atoms with E-state index < -0.39 is 5.82 Å². The lowest BCUT2D eigenvalue weighted by Crippen LogP contribution is -2.52. The van der Waals surface area contributed by atoms with Crippen LogP contribution < -0.4 is 5.43 Å². The number of hydrogen-bond donors (Lipinski definition) is 1. The maximum atomic E-state index is 13.6. The van der Waals surface area contributed by atoms with Crippen LogP contribution in [0.1, 0.15) is 51.6 Å². The number of hydrogen-bond acceptors (Lipinski definition) is 2. The molecule has 2 nitrogen and oxygen atoms in total. The summed E-state index contributed by atoms with van der Waals surface area (Å²) in [6.07, 6.45) is 3.57. The fraction of sp³-hybridized carbons (Fsp3) is 0.600. The number of nitrogens with one attached hydrogen (secondary N) is 1. The Morgan fingerprint density at radius 2 is 1.85 bits per heavy atom. The smallest absolute Gasteiger partial charge is 0.142 e. The van der Waals surface area contributed by atoms with E-state index >= 15 is 0 Å². The molecule has 5 heteroatoms. The molecule has 0 amide bonds. The molecule has 1 fully saturated rings. The number of rotatable bonds is 3. The molecule has 2 rings (SSSR count). The van der Waals surface area contributed by atoms with Crippen molar-refractivity contribution in [2.75, 3.05) is 0 Å². The van der Waals surface area contributed by atoms with Gasteiger partial charge >= 0.3 is 0 Å². The van der Waals surface area contributed by atoms with Crippen molar-refractivity contribution in [3.8, 4) is 0 Å².